The van der Waals surface area contributed by atoms with Gasteiger partial charge in [0.15, 0.2) is 17.3 Å². The fourth-order valence-electron chi connectivity index (χ4n) is 5.01. The number of imide groups is 1. The van der Waals surface area contributed by atoms with Gasteiger partial charge in [0.25, 0.3) is 0 Å². The molecule has 3 atom stereocenters. The predicted molar refractivity (Wildman–Crippen MR) is 116 cm³/mol. The zero-order valence-corrected chi connectivity index (χ0v) is 18.0. The number of nitrogens with one attached hydrogen (secondary N) is 1. The summed E-state index contributed by atoms with van der Waals surface area (Å²) in [5.41, 5.74) is 3.12. The number of allylic oxidation sites excluding steroid dienone is 1. The van der Waals surface area contributed by atoms with Gasteiger partial charge in [0, 0.05) is 36.7 Å². The molecule has 1 saturated heterocycles. The molecule has 8 nitrogen and oxygen atoms in total. The maximum absolute atomic E-state index is 13.5. The van der Waals surface area contributed by atoms with Gasteiger partial charge in [0.05, 0.1) is 18.2 Å². The zero-order valence-electron chi connectivity index (χ0n) is 18.0. The molecule has 32 heavy (non-hydrogen) atoms. The molecule has 1 fully saturated rings. The molecule has 2 aromatic carbocycles. The molecule has 3 unspecified atom stereocenters. The van der Waals surface area contributed by atoms with Crippen molar-refractivity contribution >= 4 is 23.4 Å². The summed E-state index contributed by atoms with van der Waals surface area (Å²) in [5.74, 6) is -1.59. The van der Waals surface area contributed by atoms with Crippen LogP contribution in [0.4, 0.5) is 4.79 Å². The molecule has 0 spiro atoms. The van der Waals surface area contributed by atoms with E-state index in [0.717, 1.165) is 10.5 Å². The summed E-state index contributed by atoms with van der Waals surface area (Å²) >= 11 is 0. The van der Waals surface area contributed by atoms with Gasteiger partial charge >= 0.3 is 6.03 Å². The van der Waals surface area contributed by atoms with Gasteiger partial charge in [0.2, 0.25) is 5.91 Å². The number of benzene rings is 2. The lowest BCUT2D eigenvalue weighted by molar-refractivity contribution is -0.138. The van der Waals surface area contributed by atoms with Gasteiger partial charge in [-0.05, 0) is 24.6 Å². The summed E-state index contributed by atoms with van der Waals surface area (Å²) in [6.07, 6.45) is -0.627. The molecule has 2 heterocycles. The predicted octanol–water partition coefficient (Wildman–Crippen LogP) is 2.55. The smallest absolute Gasteiger partial charge is 0.327 e. The second-order valence-corrected chi connectivity index (χ2v) is 8.21. The van der Waals surface area contributed by atoms with Crippen molar-refractivity contribution in [2.75, 3.05) is 20.7 Å². The van der Waals surface area contributed by atoms with E-state index in [4.69, 9.17) is 4.74 Å². The first-order chi connectivity index (χ1) is 15.3. The molecule has 2 aliphatic heterocycles. The van der Waals surface area contributed by atoms with Crippen molar-refractivity contribution in [3.63, 3.8) is 0 Å². The number of Topliss-reactive ketones (excluding diaryl/α,β-unsaturated/α-hetero) is 1. The summed E-state index contributed by atoms with van der Waals surface area (Å²) in [5, 5.41) is 13.5. The number of phenols is 1. The van der Waals surface area contributed by atoms with Gasteiger partial charge in [-0.15, -0.1) is 0 Å². The summed E-state index contributed by atoms with van der Waals surface area (Å²) in [4.78, 5) is 42.2. The molecule has 164 valence electrons. The number of carbonyl (C=O) groups is 3. The lowest BCUT2D eigenvalue weighted by Crippen LogP contribution is -2.66. The number of rotatable bonds is 3. The van der Waals surface area contributed by atoms with Crippen molar-refractivity contribution in [3.8, 4) is 11.5 Å². The number of urea groups is 1. The van der Waals surface area contributed by atoms with E-state index in [9.17, 15) is 19.5 Å². The lowest BCUT2D eigenvalue weighted by Gasteiger charge is -2.48. The first-order valence-electron chi connectivity index (χ1n) is 10.5. The highest BCUT2D eigenvalue weighted by atomic mass is 16.5. The number of nitrogens with zero attached hydrogens (tertiary/aromatic N) is 2. The Morgan fingerprint density at radius 2 is 1.78 bits per heavy atom. The fraction of sp³-hybridized carbons (Fsp3) is 0.292. The average Bonchev–Trinajstić information content (AvgIpc) is 3.09. The van der Waals surface area contributed by atoms with E-state index in [-0.39, 0.29) is 23.2 Å². The van der Waals surface area contributed by atoms with E-state index in [1.54, 1.807) is 31.3 Å². The molecule has 1 aliphatic carbocycles. The van der Waals surface area contributed by atoms with Crippen LogP contribution in [0.5, 0.6) is 11.5 Å². The number of hydrogen-bond acceptors (Lipinski definition) is 6. The van der Waals surface area contributed by atoms with Crippen molar-refractivity contribution in [2.45, 2.75) is 19.0 Å². The van der Waals surface area contributed by atoms with E-state index < -0.39 is 24.0 Å². The highest BCUT2D eigenvalue weighted by Crippen LogP contribution is 2.50. The first kappa shape index (κ1) is 20.1. The van der Waals surface area contributed by atoms with Crippen LogP contribution in [0.3, 0.4) is 0 Å². The fourth-order valence-corrected chi connectivity index (χ4v) is 5.01. The van der Waals surface area contributed by atoms with E-state index >= 15 is 0 Å². The Hall–Kier alpha value is -3.81. The van der Waals surface area contributed by atoms with Crippen LogP contribution >= 0.6 is 0 Å². The van der Waals surface area contributed by atoms with Crippen LogP contribution in [-0.2, 0) is 4.79 Å². The second-order valence-electron chi connectivity index (χ2n) is 8.21. The number of ether oxygens (including phenoxy) is 1. The largest absolute Gasteiger partial charge is 0.504 e. The molecule has 2 N–H and O–H groups in total. The minimum atomic E-state index is -0.723. The van der Waals surface area contributed by atoms with Gasteiger partial charge in [-0.2, -0.15) is 0 Å². The molecule has 5 rings (SSSR count). The Bertz CT molecular complexity index is 1200. The Balaban J connectivity index is 1.74. The van der Waals surface area contributed by atoms with E-state index in [1.165, 1.54) is 18.0 Å². The third kappa shape index (κ3) is 2.65. The quantitative estimate of drug-likeness (QED) is 0.772. The summed E-state index contributed by atoms with van der Waals surface area (Å²) < 4.78 is 5.56. The number of aromatic hydroxyl groups is 1. The molecule has 8 heteroatoms. The number of hydrogen-bond donors (Lipinski definition) is 2. The van der Waals surface area contributed by atoms with Gasteiger partial charge in [-0.1, -0.05) is 30.3 Å². The maximum atomic E-state index is 13.5. The van der Waals surface area contributed by atoms with Crippen molar-refractivity contribution in [1.29, 1.82) is 0 Å². The lowest BCUT2D eigenvalue weighted by atomic mass is 9.73. The molecule has 2 aromatic rings. The van der Waals surface area contributed by atoms with Gasteiger partial charge in [-0.25, -0.2) is 4.79 Å². The third-order valence-electron chi connectivity index (χ3n) is 6.52. The topological polar surface area (TPSA) is 99.2 Å². The van der Waals surface area contributed by atoms with E-state index in [2.05, 4.69) is 5.32 Å². The highest BCUT2D eigenvalue weighted by Gasteiger charge is 2.54. The summed E-state index contributed by atoms with van der Waals surface area (Å²) in [6.45, 7) is 2.16. The van der Waals surface area contributed by atoms with Crippen molar-refractivity contribution in [3.05, 3.63) is 64.7 Å². The highest BCUT2D eigenvalue weighted by molar-refractivity contribution is 6.22. The third-order valence-corrected chi connectivity index (χ3v) is 6.52. The Labute approximate surface area is 185 Å². The molecule has 0 saturated carbocycles. The molecular formula is C24H23N3O5. The standard InChI is InChI=1S/C24H23N3O5/c1-4-32-16-11-12(9-10-15(16)28)17-18-20(13-7-5-6-8-14(13)21(18)29)25-22-19(17)23(30)27(3)24(31)26(22)2/h5-11,17,19,22,25,28H,4H2,1-3H3. The van der Waals surface area contributed by atoms with Crippen LogP contribution in [0.25, 0.3) is 5.70 Å². The molecule has 0 radical (unpaired) electrons. The van der Waals surface area contributed by atoms with Gasteiger partial charge in [-0.3, -0.25) is 14.5 Å². The van der Waals surface area contributed by atoms with Gasteiger partial charge < -0.3 is 20.1 Å². The number of carbonyl (C=O) groups excluding carboxylic acids is 3. The van der Waals surface area contributed by atoms with E-state index in [0.29, 0.717) is 29.0 Å². The van der Waals surface area contributed by atoms with Crippen molar-refractivity contribution < 1.29 is 24.2 Å². The number of amides is 3. The average molecular weight is 433 g/mol. The minimum absolute atomic E-state index is 0.0179. The maximum Gasteiger partial charge on any atom is 0.327 e. The number of fused-ring (bicyclic) bond motifs is 3. The van der Waals surface area contributed by atoms with Crippen LogP contribution in [0.1, 0.15) is 34.3 Å². The Morgan fingerprint density at radius 1 is 1.06 bits per heavy atom. The van der Waals surface area contributed by atoms with Crippen LogP contribution in [0.15, 0.2) is 48.0 Å². The normalized spacial score (nSPS) is 24.2. The SMILES string of the molecule is CCOc1cc(C2C3=C(NC4C2C(=O)N(C)C(=O)N4C)c2ccccc2C3=O)ccc1O. The number of phenolic OH excluding ortho intramolecular Hbond substituents is 1. The second kappa shape index (κ2) is 7.12. The zero-order chi connectivity index (χ0) is 22.7. The summed E-state index contributed by atoms with van der Waals surface area (Å²) in [7, 11) is 3.09. The molecule has 0 bridgehead atoms. The Kier molecular flexibility index (Phi) is 4.47. The van der Waals surface area contributed by atoms with Crippen LogP contribution in [-0.4, -0.2) is 59.5 Å². The minimum Gasteiger partial charge on any atom is -0.504 e. The monoisotopic (exact) mass is 433 g/mol. The number of ketones is 1. The molecular weight excluding hydrogens is 410 g/mol. The van der Waals surface area contributed by atoms with Crippen molar-refractivity contribution in [1.82, 2.24) is 15.1 Å². The van der Waals surface area contributed by atoms with Gasteiger partial charge in [0.1, 0.15) is 6.17 Å². The molecule has 3 amide bonds. The van der Waals surface area contributed by atoms with Crippen molar-refractivity contribution in [2.24, 2.45) is 5.92 Å². The van der Waals surface area contributed by atoms with Crippen LogP contribution < -0.4 is 10.1 Å². The molecule has 0 aromatic heterocycles. The van der Waals surface area contributed by atoms with Crippen LogP contribution in [0, 0.1) is 5.92 Å². The summed E-state index contributed by atoms with van der Waals surface area (Å²) in [6, 6.07) is 11.8. The molecule has 3 aliphatic rings. The van der Waals surface area contributed by atoms with Crippen LogP contribution in [0.2, 0.25) is 0 Å². The first-order valence-corrected chi connectivity index (χ1v) is 10.5. The Morgan fingerprint density at radius 3 is 2.50 bits per heavy atom. The van der Waals surface area contributed by atoms with E-state index in [1.807, 2.05) is 19.1 Å².